The maximum absolute atomic E-state index is 5.02. The van der Waals surface area contributed by atoms with E-state index in [1.807, 2.05) is 0 Å². The lowest BCUT2D eigenvalue weighted by atomic mass is 10.1. The van der Waals surface area contributed by atoms with Gasteiger partial charge in [0.1, 0.15) is 0 Å². The lowest BCUT2D eigenvalue weighted by molar-refractivity contribution is 0.154. The van der Waals surface area contributed by atoms with Crippen molar-refractivity contribution in [3.05, 3.63) is 0 Å². The van der Waals surface area contributed by atoms with E-state index in [-0.39, 0.29) is 0 Å². The first-order chi connectivity index (χ1) is 5.83. The van der Waals surface area contributed by atoms with Crippen LogP contribution in [-0.2, 0) is 4.74 Å². The predicted octanol–water partition coefficient (Wildman–Crippen LogP) is 0.174. The second kappa shape index (κ2) is 5.51. The number of hydrogen-bond acceptors (Lipinski definition) is 3. The molecular weight excluding hydrogens is 152 g/mol. The lowest BCUT2D eigenvalue weighted by Crippen LogP contribution is -2.29. The van der Waals surface area contributed by atoms with Crippen molar-refractivity contribution in [3.8, 4) is 0 Å². The molecule has 0 spiro atoms. The largest absolute Gasteiger partial charge is 0.383 e. The fraction of sp³-hybridized carbons (Fsp3) is 1.00. The van der Waals surface area contributed by atoms with Gasteiger partial charge >= 0.3 is 0 Å². The van der Waals surface area contributed by atoms with Crippen LogP contribution in [0.4, 0.5) is 0 Å². The minimum Gasteiger partial charge on any atom is -0.383 e. The maximum atomic E-state index is 5.02. The molecule has 0 saturated carbocycles. The zero-order valence-corrected chi connectivity index (χ0v) is 8.18. The molecule has 0 aliphatic carbocycles. The molecule has 0 aromatic rings. The molecule has 1 aliphatic rings. The SMILES string of the molecule is COCCN(C)CC1CCNC1. The Bertz CT molecular complexity index is 113. The smallest absolute Gasteiger partial charge is 0.0589 e. The van der Waals surface area contributed by atoms with Crippen LogP contribution in [0, 0.1) is 5.92 Å². The Balaban J connectivity index is 2.03. The fourth-order valence-corrected chi connectivity index (χ4v) is 1.65. The van der Waals surface area contributed by atoms with E-state index < -0.39 is 0 Å². The normalized spacial score (nSPS) is 23.8. The van der Waals surface area contributed by atoms with E-state index in [1.54, 1.807) is 7.11 Å². The topological polar surface area (TPSA) is 24.5 Å². The lowest BCUT2D eigenvalue weighted by Gasteiger charge is -2.19. The van der Waals surface area contributed by atoms with Gasteiger partial charge in [-0.05, 0) is 32.5 Å². The molecule has 1 saturated heterocycles. The summed E-state index contributed by atoms with van der Waals surface area (Å²) < 4.78 is 5.02. The molecule has 0 aromatic carbocycles. The van der Waals surface area contributed by atoms with E-state index in [1.165, 1.54) is 26.1 Å². The van der Waals surface area contributed by atoms with Crippen LogP contribution in [-0.4, -0.2) is 51.8 Å². The van der Waals surface area contributed by atoms with Gasteiger partial charge < -0.3 is 15.0 Å². The van der Waals surface area contributed by atoms with Crippen molar-refractivity contribution < 1.29 is 4.74 Å². The van der Waals surface area contributed by atoms with Crippen LogP contribution in [0.25, 0.3) is 0 Å². The number of ether oxygens (including phenoxy) is 1. The van der Waals surface area contributed by atoms with Gasteiger partial charge in [0.05, 0.1) is 6.61 Å². The Morgan fingerprint density at radius 1 is 1.58 bits per heavy atom. The van der Waals surface area contributed by atoms with Crippen LogP contribution in [0.1, 0.15) is 6.42 Å². The molecule has 72 valence electrons. The van der Waals surface area contributed by atoms with Gasteiger partial charge in [-0.3, -0.25) is 0 Å². The number of likely N-dealkylation sites (N-methyl/N-ethyl adjacent to an activating group) is 1. The third-order valence-corrected chi connectivity index (χ3v) is 2.41. The standard InChI is InChI=1S/C9H20N2O/c1-11(5-6-12-2)8-9-3-4-10-7-9/h9-10H,3-8H2,1-2H3. The summed E-state index contributed by atoms with van der Waals surface area (Å²) in [5.74, 6) is 0.854. The summed E-state index contributed by atoms with van der Waals surface area (Å²) in [5.41, 5.74) is 0. The maximum Gasteiger partial charge on any atom is 0.0589 e. The highest BCUT2D eigenvalue weighted by atomic mass is 16.5. The summed E-state index contributed by atoms with van der Waals surface area (Å²) in [4.78, 5) is 2.35. The molecule has 0 bridgehead atoms. The first kappa shape index (κ1) is 9.96. The summed E-state index contributed by atoms with van der Waals surface area (Å²) in [6.07, 6.45) is 1.33. The Morgan fingerprint density at radius 3 is 3.00 bits per heavy atom. The van der Waals surface area contributed by atoms with Crippen molar-refractivity contribution in [2.45, 2.75) is 6.42 Å². The average molecular weight is 172 g/mol. The molecule has 1 aliphatic heterocycles. The van der Waals surface area contributed by atoms with Crippen molar-refractivity contribution in [2.24, 2.45) is 5.92 Å². The van der Waals surface area contributed by atoms with Crippen molar-refractivity contribution >= 4 is 0 Å². The number of nitrogens with one attached hydrogen (secondary N) is 1. The highest BCUT2D eigenvalue weighted by Crippen LogP contribution is 2.08. The zero-order chi connectivity index (χ0) is 8.81. The average Bonchev–Trinajstić information content (AvgIpc) is 2.53. The molecule has 0 aromatic heterocycles. The van der Waals surface area contributed by atoms with Gasteiger partial charge in [0.15, 0.2) is 0 Å². The van der Waals surface area contributed by atoms with Crippen LogP contribution in [0.5, 0.6) is 0 Å². The number of nitrogens with zero attached hydrogens (tertiary/aromatic N) is 1. The Morgan fingerprint density at radius 2 is 2.42 bits per heavy atom. The van der Waals surface area contributed by atoms with Crippen molar-refractivity contribution in [2.75, 3.05) is 46.9 Å². The van der Waals surface area contributed by atoms with E-state index in [2.05, 4.69) is 17.3 Å². The highest BCUT2D eigenvalue weighted by Gasteiger charge is 2.15. The first-order valence-corrected chi connectivity index (χ1v) is 4.71. The van der Waals surface area contributed by atoms with Gasteiger partial charge in [0, 0.05) is 20.2 Å². The Hall–Kier alpha value is -0.120. The molecule has 3 heteroatoms. The van der Waals surface area contributed by atoms with Gasteiger partial charge in [-0.15, -0.1) is 0 Å². The van der Waals surface area contributed by atoms with E-state index in [0.29, 0.717) is 0 Å². The third kappa shape index (κ3) is 3.52. The van der Waals surface area contributed by atoms with Crippen LogP contribution in [0.15, 0.2) is 0 Å². The van der Waals surface area contributed by atoms with Crippen LogP contribution < -0.4 is 5.32 Å². The van der Waals surface area contributed by atoms with Gasteiger partial charge in [-0.1, -0.05) is 0 Å². The molecule has 1 rings (SSSR count). The minimum atomic E-state index is 0.844. The number of methoxy groups -OCH3 is 1. The predicted molar refractivity (Wildman–Crippen MR) is 50.3 cm³/mol. The minimum absolute atomic E-state index is 0.844. The van der Waals surface area contributed by atoms with Crippen molar-refractivity contribution in [1.82, 2.24) is 10.2 Å². The zero-order valence-electron chi connectivity index (χ0n) is 8.18. The second-order valence-electron chi connectivity index (χ2n) is 3.61. The quantitative estimate of drug-likeness (QED) is 0.640. The molecule has 0 radical (unpaired) electrons. The third-order valence-electron chi connectivity index (χ3n) is 2.41. The first-order valence-electron chi connectivity index (χ1n) is 4.71. The van der Waals surface area contributed by atoms with E-state index in [4.69, 9.17) is 4.74 Å². The van der Waals surface area contributed by atoms with E-state index >= 15 is 0 Å². The molecule has 1 unspecified atom stereocenters. The molecule has 1 atom stereocenters. The van der Waals surface area contributed by atoms with Crippen molar-refractivity contribution in [3.63, 3.8) is 0 Å². The molecular formula is C9H20N2O. The number of hydrogen-bond donors (Lipinski definition) is 1. The molecule has 3 nitrogen and oxygen atoms in total. The molecule has 0 amide bonds. The second-order valence-corrected chi connectivity index (χ2v) is 3.61. The fourth-order valence-electron chi connectivity index (χ4n) is 1.65. The van der Waals surface area contributed by atoms with Gasteiger partial charge in [0.25, 0.3) is 0 Å². The van der Waals surface area contributed by atoms with Crippen LogP contribution in [0.2, 0.25) is 0 Å². The van der Waals surface area contributed by atoms with E-state index in [9.17, 15) is 0 Å². The summed E-state index contributed by atoms with van der Waals surface area (Å²) in [6, 6.07) is 0. The summed E-state index contributed by atoms with van der Waals surface area (Å²) >= 11 is 0. The van der Waals surface area contributed by atoms with Crippen LogP contribution in [0.3, 0.4) is 0 Å². The highest BCUT2D eigenvalue weighted by molar-refractivity contribution is 4.73. The Labute approximate surface area is 75.1 Å². The molecule has 1 heterocycles. The summed E-state index contributed by atoms with van der Waals surface area (Å²) in [7, 11) is 3.92. The monoisotopic (exact) mass is 172 g/mol. The van der Waals surface area contributed by atoms with Gasteiger partial charge in [-0.2, -0.15) is 0 Å². The molecule has 12 heavy (non-hydrogen) atoms. The van der Waals surface area contributed by atoms with Gasteiger partial charge in [-0.25, -0.2) is 0 Å². The molecule has 1 fully saturated rings. The van der Waals surface area contributed by atoms with E-state index in [0.717, 1.165) is 19.1 Å². The summed E-state index contributed by atoms with van der Waals surface area (Å²) in [6.45, 7) is 5.49. The van der Waals surface area contributed by atoms with Gasteiger partial charge in [0.2, 0.25) is 0 Å². The molecule has 1 N–H and O–H groups in total. The Kier molecular flexibility index (Phi) is 4.58. The number of rotatable bonds is 5. The van der Waals surface area contributed by atoms with Crippen LogP contribution >= 0.6 is 0 Å². The summed E-state index contributed by atoms with van der Waals surface area (Å²) in [5, 5.41) is 3.38. The van der Waals surface area contributed by atoms with Crippen molar-refractivity contribution in [1.29, 1.82) is 0 Å².